The fraction of sp³-hybridized carbons (Fsp3) is 0.368. The van der Waals surface area contributed by atoms with Gasteiger partial charge in [-0.3, -0.25) is 4.90 Å². The number of rotatable bonds is 6. The van der Waals surface area contributed by atoms with Crippen LogP contribution in [-0.2, 0) is 23.0 Å². The maximum atomic E-state index is 13.7. The number of nitrogens with zero attached hydrogens (tertiary/aromatic N) is 1. The number of aryl methyl sites for hydroxylation is 1. The zero-order valence-corrected chi connectivity index (χ0v) is 17.0. The van der Waals surface area contributed by atoms with E-state index in [0.29, 0.717) is 18.5 Å². The minimum atomic E-state index is -3.71. The molecule has 0 bridgehead atoms. The monoisotopic (exact) mass is 440 g/mol. The molecule has 1 aliphatic rings. The molecule has 0 aromatic heterocycles. The van der Waals surface area contributed by atoms with Gasteiger partial charge in [0.25, 0.3) is 0 Å². The highest BCUT2D eigenvalue weighted by molar-refractivity contribution is 9.10. The third kappa shape index (κ3) is 4.52. The zero-order valence-electron chi connectivity index (χ0n) is 14.6. The second-order valence-corrected chi connectivity index (χ2v) is 9.17. The fourth-order valence-electron chi connectivity index (χ4n) is 3.25. The van der Waals surface area contributed by atoms with Crippen LogP contribution < -0.4 is 4.72 Å². The van der Waals surface area contributed by atoms with E-state index in [4.69, 9.17) is 0 Å². The Morgan fingerprint density at radius 3 is 2.73 bits per heavy atom. The minimum Gasteiger partial charge on any atom is -0.299 e. The molecule has 1 aliphatic heterocycles. The van der Waals surface area contributed by atoms with Crippen LogP contribution >= 0.6 is 15.9 Å². The van der Waals surface area contributed by atoms with Crippen molar-refractivity contribution < 1.29 is 12.8 Å². The van der Waals surface area contributed by atoms with E-state index in [1.807, 2.05) is 0 Å². The minimum absolute atomic E-state index is 0.00917. The molecule has 4 nitrogen and oxygen atoms in total. The standard InChI is InChI=1S/C19H22BrFN2O2S/c1-14-11-17(20)18(21)12-19(14)26(24,25)22-8-4-9-23-10-7-15-5-2-3-6-16(15)13-23/h2-3,5-6,11-12,22H,4,7-10,13H2,1H3. The quantitative estimate of drug-likeness (QED) is 0.697. The van der Waals surface area contributed by atoms with Crippen molar-refractivity contribution in [3.05, 3.63) is 63.4 Å². The second-order valence-electron chi connectivity index (χ2n) is 6.58. The number of hydrogen-bond donors (Lipinski definition) is 1. The van der Waals surface area contributed by atoms with Crippen LogP contribution in [0.1, 0.15) is 23.1 Å². The van der Waals surface area contributed by atoms with Gasteiger partial charge >= 0.3 is 0 Å². The van der Waals surface area contributed by atoms with Crippen molar-refractivity contribution in [3.8, 4) is 0 Å². The predicted octanol–water partition coefficient (Wildman–Crippen LogP) is 3.62. The van der Waals surface area contributed by atoms with Crippen LogP contribution in [0.5, 0.6) is 0 Å². The van der Waals surface area contributed by atoms with E-state index in [0.717, 1.165) is 32.1 Å². The Balaban J connectivity index is 1.53. The van der Waals surface area contributed by atoms with Crippen LogP contribution in [0.4, 0.5) is 4.39 Å². The molecular formula is C19H22BrFN2O2S. The average molecular weight is 441 g/mol. The molecule has 7 heteroatoms. The molecule has 140 valence electrons. The van der Waals surface area contributed by atoms with Gasteiger partial charge in [-0.25, -0.2) is 17.5 Å². The molecule has 0 radical (unpaired) electrons. The first-order chi connectivity index (χ1) is 12.4. The number of benzene rings is 2. The van der Waals surface area contributed by atoms with Crippen molar-refractivity contribution in [1.82, 2.24) is 9.62 Å². The van der Waals surface area contributed by atoms with E-state index < -0.39 is 15.8 Å². The van der Waals surface area contributed by atoms with Gasteiger partial charge in [0, 0.05) is 19.6 Å². The maximum absolute atomic E-state index is 13.7. The van der Waals surface area contributed by atoms with Crippen molar-refractivity contribution in [2.75, 3.05) is 19.6 Å². The highest BCUT2D eigenvalue weighted by atomic mass is 79.9. The summed E-state index contributed by atoms with van der Waals surface area (Å²) in [5, 5.41) is 0. The Morgan fingerprint density at radius 2 is 1.96 bits per heavy atom. The molecule has 0 unspecified atom stereocenters. The van der Waals surface area contributed by atoms with Gasteiger partial charge in [0.1, 0.15) is 5.82 Å². The van der Waals surface area contributed by atoms with Gasteiger partial charge < -0.3 is 0 Å². The zero-order chi connectivity index (χ0) is 18.7. The topological polar surface area (TPSA) is 49.4 Å². The van der Waals surface area contributed by atoms with E-state index in [1.165, 1.54) is 17.2 Å². The maximum Gasteiger partial charge on any atom is 0.240 e. The molecule has 1 N–H and O–H groups in total. The molecule has 2 aromatic rings. The van der Waals surface area contributed by atoms with Crippen LogP contribution in [0.2, 0.25) is 0 Å². The molecule has 3 rings (SSSR count). The second kappa shape index (κ2) is 8.17. The van der Waals surface area contributed by atoms with Crippen LogP contribution in [-0.4, -0.2) is 33.0 Å². The van der Waals surface area contributed by atoms with Gasteiger partial charge in [0.15, 0.2) is 0 Å². The molecule has 0 atom stereocenters. The van der Waals surface area contributed by atoms with Gasteiger partial charge in [-0.15, -0.1) is 0 Å². The normalized spacial score (nSPS) is 15.0. The Kier molecular flexibility index (Phi) is 6.12. The fourth-order valence-corrected chi connectivity index (χ4v) is 5.02. The van der Waals surface area contributed by atoms with Crippen molar-refractivity contribution >= 4 is 26.0 Å². The SMILES string of the molecule is Cc1cc(Br)c(F)cc1S(=O)(=O)NCCCN1CCc2ccccc2C1. The lowest BCUT2D eigenvalue weighted by atomic mass is 10.00. The number of hydrogen-bond acceptors (Lipinski definition) is 3. The Hall–Kier alpha value is -1.28. The Labute approximate surface area is 162 Å². The number of nitrogens with one attached hydrogen (secondary N) is 1. The van der Waals surface area contributed by atoms with Gasteiger partial charge in [-0.1, -0.05) is 24.3 Å². The van der Waals surface area contributed by atoms with Gasteiger partial charge in [0.2, 0.25) is 10.0 Å². The van der Waals surface area contributed by atoms with E-state index in [2.05, 4.69) is 49.8 Å². The Bertz CT molecular complexity index is 902. The average Bonchev–Trinajstić information content (AvgIpc) is 2.61. The smallest absolute Gasteiger partial charge is 0.240 e. The number of halogens is 2. The summed E-state index contributed by atoms with van der Waals surface area (Å²) in [5.41, 5.74) is 3.26. The summed E-state index contributed by atoms with van der Waals surface area (Å²) in [7, 11) is -3.71. The van der Waals surface area contributed by atoms with Gasteiger partial charge in [-0.2, -0.15) is 0 Å². The lowest BCUT2D eigenvalue weighted by Crippen LogP contribution is -2.33. The van der Waals surface area contributed by atoms with Crippen molar-refractivity contribution in [2.45, 2.75) is 31.2 Å². The van der Waals surface area contributed by atoms with E-state index >= 15 is 0 Å². The summed E-state index contributed by atoms with van der Waals surface area (Å²) in [5.74, 6) is -0.581. The summed E-state index contributed by atoms with van der Waals surface area (Å²) < 4.78 is 41.4. The first kappa shape index (κ1) is 19.5. The first-order valence-corrected chi connectivity index (χ1v) is 10.9. The van der Waals surface area contributed by atoms with E-state index in [1.54, 1.807) is 6.92 Å². The molecule has 26 heavy (non-hydrogen) atoms. The molecule has 0 aliphatic carbocycles. The van der Waals surface area contributed by atoms with Crippen molar-refractivity contribution in [3.63, 3.8) is 0 Å². The van der Waals surface area contributed by atoms with Gasteiger partial charge in [0.05, 0.1) is 9.37 Å². The van der Waals surface area contributed by atoms with Crippen molar-refractivity contribution in [2.24, 2.45) is 0 Å². The van der Waals surface area contributed by atoms with Crippen LogP contribution in [0.3, 0.4) is 0 Å². The summed E-state index contributed by atoms with van der Waals surface area (Å²) in [6, 6.07) is 11.0. The number of sulfonamides is 1. The molecule has 1 heterocycles. The summed E-state index contributed by atoms with van der Waals surface area (Å²) >= 11 is 3.07. The lowest BCUT2D eigenvalue weighted by Gasteiger charge is -2.28. The third-order valence-electron chi connectivity index (χ3n) is 4.66. The summed E-state index contributed by atoms with van der Waals surface area (Å²) in [6.45, 7) is 4.70. The van der Waals surface area contributed by atoms with E-state index in [9.17, 15) is 12.8 Å². The molecule has 0 saturated heterocycles. The predicted molar refractivity (Wildman–Crippen MR) is 104 cm³/mol. The van der Waals surface area contributed by atoms with Crippen LogP contribution in [0.15, 0.2) is 45.8 Å². The summed E-state index contributed by atoms with van der Waals surface area (Å²) in [6.07, 6.45) is 1.73. The Morgan fingerprint density at radius 1 is 1.23 bits per heavy atom. The summed E-state index contributed by atoms with van der Waals surface area (Å²) in [4.78, 5) is 2.33. The third-order valence-corrected chi connectivity index (χ3v) is 6.87. The van der Waals surface area contributed by atoms with Crippen LogP contribution in [0.25, 0.3) is 0 Å². The largest absolute Gasteiger partial charge is 0.299 e. The highest BCUT2D eigenvalue weighted by Crippen LogP contribution is 2.23. The molecule has 0 saturated carbocycles. The van der Waals surface area contributed by atoms with Gasteiger partial charge in [-0.05, 0) is 71.1 Å². The molecular weight excluding hydrogens is 419 g/mol. The number of fused-ring (bicyclic) bond motifs is 1. The molecule has 0 amide bonds. The first-order valence-electron chi connectivity index (χ1n) is 8.61. The van der Waals surface area contributed by atoms with Crippen LogP contribution in [0, 0.1) is 12.7 Å². The molecule has 0 fully saturated rings. The molecule has 2 aromatic carbocycles. The lowest BCUT2D eigenvalue weighted by molar-refractivity contribution is 0.251. The molecule has 0 spiro atoms. The highest BCUT2D eigenvalue weighted by Gasteiger charge is 2.19. The van der Waals surface area contributed by atoms with Crippen molar-refractivity contribution in [1.29, 1.82) is 0 Å². The van der Waals surface area contributed by atoms with E-state index in [-0.39, 0.29) is 9.37 Å².